The molecular formula is C8H11NS. The van der Waals surface area contributed by atoms with Gasteiger partial charge in [-0.05, 0) is 24.8 Å². The van der Waals surface area contributed by atoms with Gasteiger partial charge >= 0.3 is 0 Å². The highest BCUT2D eigenvalue weighted by atomic mass is 32.1. The van der Waals surface area contributed by atoms with Crippen LogP contribution in [0.15, 0.2) is 17.5 Å². The third-order valence-electron chi connectivity index (χ3n) is 1.96. The van der Waals surface area contributed by atoms with Crippen LogP contribution in [0.1, 0.15) is 24.3 Å². The normalized spacial score (nSPS) is 31.7. The Hall–Kier alpha value is -0.340. The van der Waals surface area contributed by atoms with Gasteiger partial charge in [0.15, 0.2) is 0 Å². The van der Waals surface area contributed by atoms with Crippen molar-refractivity contribution < 1.29 is 0 Å². The predicted molar refractivity (Wildman–Crippen MR) is 44.3 cm³/mol. The molecule has 1 nitrogen and oxygen atoms in total. The molecule has 1 fully saturated rings. The summed E-state index contributed by atoms with van der Waals surface area (Å²) in [6.07, 6.45) is 1.31. The number of rotatable bonds is 1. The summed E-state index contributed by atoms with van der Waals surface area (Å²) in [6.45, 7) is 2.23. The summed E-state index contributed by atoms with van der Waals surface area (Å²) in [6, 6.07) is 5.71. The van der Waals surface area contributed by atoms with E-state index in [0.29, 0.717) is 6.04 Å². The van der Waals surface area contributed by atoms with E-state index in [-0.39, 0.29) is 0 Å². The highest BCUT2D eigenvalue weighted by Crippen LogP contribution is 2.30. The number of nitrogens with one attached hydrogen (secondary N) is 1. The molecule has 2 heterocycles. The Kier molecular flexibility index (Phi) is 1.51. The fourth-order valence-corrected chi connectivity index (χ4v) is 2.16. The van der Waals surface area contributed by atoms with Gasteiger partial charge in [0.2, 0.25) is 0 Å². The molecule has 1 aliphatic rings. The van der Waals surface area contributed by atoms with Gasteiger partial charge in [0, 0.05) is 17.0 Å². The zero-order valence-corrected chi connectivity index (χ0v) is 6.82. The quantitative estimate of drug-likeness (QED) is 0.652. The zero-order valence-electron chi connectivity index (χ0n) is 6.00. The van der Waals surface area contributed by atoms with Crippen LogP contribution < -0.4 is 5.32 Å². The molecule has 1 saturated heterocycles. The minimum atomic E-state index is 0.662. The molecule has 0 spiro atoms. The van der Waals surface area contributed by atoms with E-state index in [4.69, 9.17) is 0 Å². The van der Waals surface area contributed by atoms with Crippen LogP contribution in [0.25, 0.3) is 0 Å². The Labute approximate surface area is 65.1 Å². The van der Waals surface area contributed by atoms with Crippen LogP contribution in [0.3, 0.4) is 0 Å². The highest BCUT2D eigenvalue weighted by Gasteiger charge is 2.25. The Morgan fingerprint density at radius 3 is 3.00 bits per heavy atom. The van der Waals surface area contributed by atoms with Crippen LogP contribution in [0.5, 0.6) is 0 Å². The van der Waals surface area contributed by atoms with Crippen molar-refractivity contribution in [1.29, 1.82) is 0 Å². The molecule has 0 aromatic carbocycles. The predicted octanol–water partition coefficient (Wildman–Crippen LogP) is 2.17. The first-order valence-corrected chi connectivity index (χ1v) is 4.53. The summed E-state index contributed by atoms with van der Waals surface area (Å²) in [4.78, 5) is 1.48. The van der Waals surface area contributed by atoms with Crippen molar-refractivity contribution in [1.82, 2.24) is 5.32 Å². The third kappa shape index (κ3) is 0.976. The second-order valence-corrected chi connectivity index (χ2v) is 3.85. The average Bonchev–Trinajstić information content (AvgIpc) is 2.31. The lowest BCUT2D eigenvalue weighted by Crippen LogP contribution is -2.43. The van der Waals surface area contributed by atoms with Gasteiger partial charge in [-0.3, -0.25) is 0 Å². The fourth-order valence-electron chi connectivity index (χ4n) is 1.36. The number of thiophene rings is 1. The first-order chi connectivity index (χ1) is 4.86. The summed E-state index contributed by atoms with van der Waals surface area (Å²) in [7, 11) is 0. The molecule has 1 N–H and O–H groups in total. The summed E-state index contributed by atoms with van der Waals surface area (Å²) < 4.78 is 0. The third-order valence-corrected chi connectivity index (χ3v) is 2.95. The first kappa shape index (κ1) is 6.38. The van der Waals surface area contributed by atoms with Gasteiger partial charge < -0.3 is 5.32 Å². The van der Waals surface area contributed by atoms with Crippen molar-refractivity contribution in [3.05, 3.63) is 22.4 Å². The van der Waals surface area contributed by atoms with E-state index in [1.165, 1.54) is 11.3 Å². The molecule has 1 aromatic heterocycles. The van der Waals surface area contributed by atoms with Crippen LogP contribution in [0, 0.1) is 0 Å². The van der Waals surface area contributed by atoms with Gasteiger partial charge in [-0.1, -0.05) is 6.07 Å². The van der Waals surface area contributed by atoms with E-state index in [1.807, 2.05) is 11.3 Å². The molecule has 2 unspecified atom stereocenters. The van der Waals surface area contributed by atoms with Gasteiger partial charge in [0.05, 0.1) is 0 Å². The van der Waals surface area contributed by atoms with Crippen molar-refractivity contribution in [3.63, 3.8) is 0 Å². The Morgan fingerprint density at radius 1 is 1.70 bits per heavy atom. The Balaban J connectivity index is 2.04. The van der Waals surface area contributed by atoms with Crippen molar-refractivity contribution >= 4 is 11.3 Å². The molecule has 0 radical (unpaired) electrons. The molecule has 0 aliphatic carbocycles. The molecule has 10 heavy (non-hydrogen) atoms. The van der Waals surface area contributed by atoms with Crippen LogP contribution in [-0.4, -0.2) is 6.04 Å². The molecule has 2 heteroatoms. The summed E-state index contributed by atoms with van der Waals surface area (Å²) in [5.74, 6) is 0. The van der Waals surface area contributed by atoms with Crippen molar-refractivity contribution in [2.24, 2.45) is 0 Å². The zero-order chi connectivity index (χ0) is 6.97. The molecule has 2 rings (SSSR count). The van der Waals surface area contributed by atoms with E-state index in [0.717, 1.165) is 6.04 Å². The van der Waals surface area contributed by atoms with E-state index in [1.54, 1.807) is 0 Å². The molecule has 1 aromatic rings. The molecule has 54 valence electrons. The van der Waals surface area contributed by atoms with Crippen LogP contribution in [0.4, 0.5) is 0 Å². The van der Waals surface area contributed by atoms with E-state index < -0.39 is 0 Å². The largest absolute Gasteiger partial charge is 0.307 e. The van der Waals surface area contributed by atoms with Gasteiger partial charge in [0.1, 0.15) is 0 Å². The topological polar surface area (TPSA) is 12.0 Å². The summed E-state index contributed by atoms with van der Waals surface area (Å²) in [5.41, 5.74) is 0. The minimum Gasteiger partial charge on any atom is -0.307 e. The first-order valence-electron chi connectivity index (χ1n) is 3.66. The van der Waals surface area contributed by atoms with Crippen molar-refractivity contribution in [3.8, 4) is 0 Å². The number of hydrogen-bond donors (Lipinski definition) is 1. The highest BCUT2D eigenvalue weighted by molar-refractivity contribution is 7.10. The molecule has 0 bridgehead atoms. The maximum Gasteiger partial charge on any atom is 0.0431 e. The lowest BCUT2D eigenvalue weighted by Gasteiger charge is -2.34. The molecule has 1 aliphatic heterocycles. The lowest BCUT2D eigenvalue weighted by atomic mass is 9.98. The maximum atomic E-state index is 3.46. The molecule has 0 saturated carbocycles. The van der Waals surface area contributed by atoms with E-state index in [9.17, 15) is 0 Å². The standard InChI is InChI=1S/C8H11NS/c1-6-5-7(9-6)8-3-2-4-10-8/h2-4,6-7,9H,5H2,1H3. The Morgan fingerprint density at radius 2 is 2.50 bits per heavy atom. The molecular weight excluding hydrogens is 142 g/mol. The maximum absolute atomic E-state index is 3.46. The number of hydrogen-bond acceptors (Lipinski definition) is 2. The summed E-state index contributed by atoms with van der Waals surface area (Å²) in [5, 5.41) is 5.59. The Bertz CT molecular complexity index is 199. The monoisotopic (exact) mass is 153 g/mol. The molecule has 2 atom stereocenters. The minimum absolute atomic E-state index is 0.662. The average molecular weight is 153 g/mol. The van der Waals surface area contributed by atoms with Crippen LogP contribution >= 0.6 is 11.3 Å². The van der Waals surface area contributed by atoms with E-state index >= 15 is 0 Å². The van der Waals surface area contributed by atoms with Crippen LogP contribution in [-0.2, 0) is 0 Å². The van der Waals surface area contributed by atoms with Gasteiger partial charge in [-0.25, -0.2) is 0 Å². The van der Waals surface area contributed by atoms with Gasteiger partial charge in [0.25, 0.3) is 0 Å². The lowest BCUT2D eigenvalue weighted by molar-refractivity contribution is 0.292. The van der Waals surface area contributed by atoms with Crippen molar-refractivity contribution in [2.45, 2.75) is 25.4 Å². The molecule has 0 amide bonds. The fraction of sp³-hybridized carbons (Fsp3) is 0.500. The van der Waals surface area contributed by atoms with Crippen LogP contribution in [0.2, 0.25) is 0 Å². The SMILES string of the molecule is CC1CC(c2cccs2)N1. The smallest absolute Gasteiger partial charge is 0.0431 e. The van der Waals surface area contributed by atoms with E-state index in [2.05, 4.69) is 29.8 Å². The summed E-state index contributed by atoms with van der Waals surface area (Å²) >= 11 is 1.85. The van der Waals surface area contributed by atoms with Crippen molar-refractivity contribution in [2.75, 3.05) is 0 Å². The second-order valence-electron chi connectivity index (χ2n) is 2.87. The van der Waals surface area contributed by atoms with Gasteiger partial charge in [-0.2, -0.15) is 0 Å². The van der Waals surface area contributed by atoms with Gasteiger partial charge in [-0.15, -0.1) is 11.3 Å². The second kappa shape index (κ2) is 2.36.